The molecule has 0 spiro atoms. The van der Waals surface area contributed by atoms with Gasteiger partial charge in [0.2, 0.25) is 0 Å². The second-order valence-electron chi connectivity index (χ2n) is 6.61. The van der Waals surface area contributed by atoms with Gasteiger partial charge in [0.15, 0.2) is 5.13 Å². The number of fused-ring (bicyclic) bond motifs is 1. The number of thiazole rings is 2. The van der Waals surface area contributed by atoms with Crippen molar-refractivity contribution in [2.45, 2.75) is 26.7 Å². The third-order valence-corrected chi connectivity index (χ3v) is 6.59. The summed E-state index contributed by atoms with van der Waals surface area (Å²) in [6.07, 6.45) is 0.634. The summed E-state index contributed by atoms with van der Waals surface area (Å²) in [5.41, 5.74) is 5.18. The van der Waals surface area contributed by atoms with Crippen molar-refractivity contribution in [3.8, 4) is 10.6 Å². The fraction of sp³-hybridized carbons (Fsp3) is 0.190. The minimum absolute atomic E-state index is 0.124. The van der Waals surface area contributed by atoms with Crippen LogP contribution in [0.4, 0.5) is 10.8 Å². The fourth-order valence-electron chi connectivity index (χ4n) is 2.91. The molecule has 2 heterocycles. The maximum atomic E-state index is 10.8. The van der Waals surface area contributed by atoms with Gasteiger partial charge in [0.05, 0.1) is 22.3 Å². The Bertz CT molecular complexity index is 1150. The lowest BCUT2D eigenvalue weighted by molar-refractivity contribution is -0.136. The highest BCUT2D eigenvalue weighted by Crippen LogP contribution is 2.32. The second-order valence-corrected chi connectivity index (χ2v) is 8.73. The van der Waals surface area contributed by atoms with Gasteiger partial charge in [-0.25, -0.2) is 9.97 Å². The molecule has 0 amide bonds. The van der Waals surface area contributed by atoms with Crippen LogP contribution in [0.3, 0.4) is 0 Å². The molecule has 4 rings (SSSR count). The van der Waals surface area contributed by atoms with Gasteiger partial charge in [-0.1, -0.05) is 6.07 Å². The summed E-state index contributed by atoms with van der Waals surface area (Å²) in [4.78, 5) is 21.0. The number of carboxylic acid groups (broad SMARTS) is 1. The van der Waals surface area contributed by atoms with Gasteiger partial charge in [-0.3, -0.25) is 4.79 Å². The molecular weight excluding hydrogens is 390 g/mol. The lowest BCUT2D eigenvalue weighted by Crippen LogP contribution is -1.96. The molecule has 0 bridgehead atoms. The van der Waals surface area contributed by atoms with Crippen LogP contribution in [0.5, 0.6) is 0 Å². The number of nitrogens with zero attached hydrogens (tertiary/aromatic N) is 2. The molecule has 0 aliphatic rings. The number of rotatable bonds is 6. The van der Waals surface area contributed by atoms with Crippen LogP contribution in [-0.2, 0) is 11.2 Å². The van der Waals surface area contributed by atoms with E-state index in [4.69, 9.17) is 10.1 Å². The highest BCUT2D eigenvalue weighted by molar-refractivity contribution is 7.21. The zero-order chi connectivity index (χ0) is 19.7. The van der Waals surface area contributed by atoms with Crippen molar-refractivity contribution in [3.63, 3.8) is 0 Å². The molecule has 0 aliphatic carbocycles. The first kappa shape index (κ1) is 18.6. The van der Waals surface area contributed by atoms with Crippen molar-refractivity contribution in [1.82, 2.24) is 9.97 Å². The number of aromatic nitrogens is 2. The van der Waals surface area contributed by atoms with Gasteiger partial charge in [0.25, 0.3) is 0 Å². The number of benzene rings is 2. The minimum atomic E-state index is -0.789. The molecule has 28 heavy (non-hydrogen) atoms. The highest BCUT2D eigenvalue weighted by atomic mass is 32.1. The average molecular weight is 410 g/mol. The molecule has 2 aromatic carbocycles. The Morgan fingerprint density at radius 3 is 2.61 bits per heavy atom. The molecule has 0 unspecified atom stereocenters. The maximum Gasteiger partial charge on any atom is 0.303 e. The largest absolute Gasteiger partial charge is 0.481 e. The van der Waals surface area contributed by atoms with E-state index in [-0.39, 0.29) is 6.42 Å². The van der Waals surface area contributed by atoms with Crippen molar-refractivity contribution in [2.24, 2.45) is 0 Å². The Hall–Kier alpha value is -2.77. The molecule has 0 aliphatic heterocycles. The monoisotopic (exact) mass is 409 g/mol. The third kappa shape index (κ3) is 4.05. The van der Waals surface area contributed by atoms with Gasteiger partial charge in [-0.15, -0.1) is 22.7 Å². The quantitative estimate of drug-likeness (QED) is 0.421. The lowest BCUT2D eigenvalue weighted by Gasteiger charge is -2.03. The Morgan fingerprint density at radius 2 is 1.86 bits per heavy atom. The van der Waals surface area contributed by atoms with Crippen molar-refractivity contribution in [3.05, 3.63) is 58.6 Å². The van der Waals surface area contributed by atoms with E-state index in [0.29, 0.717) is 6.42 Å². The number of anilines is 2. The van der Waals surface area contributed by atoms with Crippen LogP contribution in [0.2, 0.25) is 0 Å². The van der Waals surface area contributed by atoms with E-state index in [1.807, 2.05) is 19.1 Å². The minimum Gasteiger partial charge on any atom is -0.481 e. The number of hydrogen-bond acceptors (Lipinski definition) is 6. The van der Waals surface area contributed by atoms with Crippen molar-refractivity contribution >= 4 is 49.7 Å². The molecule has 0 fully saturated rings. The van der Waals surface area contributed by atoms with Crippen LogP contribution in [0.25, 0.3) is 20.8 Å². The van der Waals surface area contributed by atoms with Crippen LogP contribution in [-0.4, -0.2) is 21.0 Å². The molecule has 0 saturated carbocycles. The van der Waals surface area contributed by atoms with E-state index >= 15 is 0 Å². The SMILES string of the molecule is Cc1ccc2nc(-c3ccc(Nc4nc(C)c(CCC(=O)O)s4)cc3)sc2c1. The summed E-state index contributed by atoms with van der Waals surface area (Å²) < 4.78 is 1.20. The fourth-order valence-corrected chi connectivity index (χ4v) is 4.96. The van der Waals surface area contributed by atoms with E-state index in [2.05, 4.69) is 47.6 Å². The van der Waals surface area contributed by atoms with Gasteiger partial charge < -0.3 is 10.4 Å². The van der Waals surface area contributed by atoms with E-state index in [1.165, 1.54) is 21.6 Å². The Labute approximate surface area is 170 Å². The molecule has 2 N–H and O–H groups in total. The Balaban J connectivity index is 1.50. The molecule has 142 valence electrons. The number of aliphatic carboxylic acids is 1. The van der Waals surface area contributed by atoms with Gasteiger partial charge in [-0.2, -0.15) is 0 Å². The normalized spacial score (nSPS) is 11.1. The Morgan fingerprint density at radius 1 is 1.07 bits per heavy atom. The molecule has 2 aromatic heterocycles. The number of aryl methyl sites for hydroxylation is 3. The number of hydrogen-bond donors (Lipinski definition) is 2. The van der Waals surface area contributed by atoms with E-state index in [9.17, 15) is 4.79 Å². The third-order valence-electron chi connectivity index (χ3n) is 4.39. The topological polar surface area (TPSA) is 75.1 Å². The summed E-state index contributed by atoms with van der Waals surface area (Å²) >= 11 is 3.20. The van der Waals surface area contributed by atoms with Gasteiger partial charge in [0.1, 0.15) is 5.01 Å². The number of carboxylic acids is 1. The van der Waals surface area contributed by atoms with Crippen LogP contribution < -0.4 is 5.32 Å². The number of carbonyl (C=O) groups is 1. The Kier molecular flexibility index (Phi) is 5.11. The van der Waals surface area contributed by atoms with Crippen LogP contribution >= 0.6 is 22.7 Å². The van der Waals surface area contributed by atoms with Gasteiger partial charge >= 0.3 is 5.97 Å². The summed E-state index contributed by atoms with van der Waals surface area (Å²) in [6, 6.07) is 14.4. The molecule has 5 nitrogen and oxygen atoms in total. The van der Waals surface area contributed by atoms with Crippen LogP contribution in [0.15, 0.2) is 42.5 Å². The zero-order valence-corrected chi connectivity index (χ0v) is 17.2. The highest BCUT2D eigenvalue weighted by Gasteiger charge is 2.10. The van der Waals surface area contributed by atoms with Crippen molar-refractivity contribution in [1.29, 1.82) is 0 Å². The average Bonchev–Trinajstić information content (AvgIpc) is 3.23. The molecule has 7 heteroatoms. The van der Waals surface area contributed by atoms with Gasteiger partial charge in [0, 0.05) is 16.1 Å². The first-order chi connectivity index (χ1) is 13.5. The maximum absolute atomic E-state index is 10.8. The second kappa shape index (κ2) is 7.69. The predicted octanol–water partition coefficient (Wildman–Crippen LogP) is 5.80. The van der Waals surface area contributed by atoms with E-state index in [1.54, 1.807) is 11.3 Å². The number of nitrogens with one attached hydrogen (secondary N) is 1. The van der Waals surface area contributed by atoms with Gasteiger partial charge in [-0.05, 0) is 62.2 Å². The van der Waals surface area contributed by atoms with Crippen LogP contribution in [0, 0.1) is 13.8 Å². The van der Waals surface area contributed by atoms with E-state index < -0.39 is 5.97 Å². The molecule has 0 radical (unpaired) electrons. The standard InChI is InChI=1S/C21H19N3O2S2/c1-12-3-8-16-18(11-12)27-20(24-16)14-4-6-15(7-5-14)23-21-22-13(2)17(28-21)9-10-19(25)26/h3-8,11H,9-10H2,1-2H3,(H,22,23)(H,25,26). The van der Waals surface area contributed by atoms with E-state index in [0.717, 1.165) is 37.5 Å². The van der Waals surface area contributed by atoms with Crippen molar-refractivity contribution < 1.29 is 9.90 Å². The first-order valence-electron chi connectivity index (χ1n) is 8.91. The lowest BCUT2D eigenvalue weighted by atomic mass is 10.2. The predicted molar refractivity (Wildman–Crippen MR) is 116 cm³/mol. The van der Waals surface area contributed by atoms with Crippen molar-refractivity contribution in [2.75, 3.05) is 5.32 Å². The molecule has 0 saturated heterocycles. The summed E-state index contributed by atoms with van der Waals surface area (Å²) in [5, 5.41) is 13.9. The molecule has 0 atom stereocenters. The molecular formula is C21H19N3O2S2. The summed E-state index contributed by atoms with van der Waals surface area (Å²) in [5.74, 6) is -0.789. The summed E-state index contributed by atoms with van der Waals surface area (Å²) in [7, 11) is 0. The first-order valence-corrected chi connectivity index (χ1v) is 10.5. The zero-order valence-electron chi connectivity index (χ0n) is 15.5. The molecule has 4 aromatic rings. The van der Waals surface area contributed by atoms with Crippen LogP contribution in [0.1, 0.15) is 22.6 Å². The summed E-state index contributed by atoms with van der Waals surface area (Å²) in [6.45, 7) is 4.00. The smallest absolute Gasteiger partial charge is 0.303 e.